The van der Waals surface area contributed by atoms with Crippen molar-refractivity contribution in [2.75, 3.05) is 7.11 Å². The topological polar surface area (TPSA) is 127 Å². The van der Waals surface area contributed by atoms with Crippen molar-refractivity contribution in [3.63, 3.8) is 0 Å². The van der Waals surface area contributed by atoms with E-state index in [0.717, 1.165) is 24.8 Å². The number of nitrogens with one attached hydrogen (secondary N) is 2. The molecule has 1 aromatic carbocycles. The van der Waals surface area contributed by atoms with Crippen LogP contribution in [0.15, 0.2) is 50.6 Å². The van der Waals surface area contributed by atoms with Crippen molar-refractivity contribution in [2.45, 2.75) is 43.0 Å². The Balaban J connectivity index is 1.76. The SMILES string of the molecule is COc1ncccc1S(=O)(=O)N[C@H](c1n[nH]c(=O)o1)[C@H](C)c1cccc2c1CCC2. The molecule has 1 aliphatic carbocycles. The lowest BCUT2D eigenvalue weighted by atomic mass is 9.88. The van der Waals surface area contributed by atoms with Crippen molar-refractivity contribution in [1.29, 1.82) is 0 Å². The Hall–Kier alpha value is -2.98. The van der Waals surface area contributed by atoms with E-state index < -0.39 is 21.8 Å². The molecule has 0 saturated carbocycles. The van der Waals surface area contributed by atoms with E-state index >= 15 is 0 Å². The number of sulfonamides is 1. The van der Waals surface area contributed by atoms with Crippen molar-refractivity contribution in [3.8, 4) is 5.88 Å². The normalized spacial score (nSPS) is 15.5. The number of fused-ring (bicyclic) bond motifs is 1. The molecule has 2 N–H and O–H groups in total. The van der Waals surface area contributed by atoms with Gasteiger partial charge in [-0.2, -0.15) is 4.72 Å². The van der Waals surface area contributed by atoms with Crippen molar-refractivity contribution in [2.24, 2.45) is 0 Å². The van der Waals surface area contributed by atoms with E-state index in [1.54, 1.807) is 0 Å². The molecular formula is C20H22N4O5S. The number of rotatable bonds is 7. The second-order valence-electron chi connectivity index (χ2n) is 7.19. The maximum atomic E-state index is 13.2. The largest absolute Gasteiger partial charge is 0.480 e. The molecule has 9 nitrogen and oxygen atoms in total. The van der Waals surface area contributed by atoms with E-state index in [2.05, 4.69) is 26.0 Å². The predicted octanol–water partition coefficient (Wildman–Crippen LogP) is 2.08. The van der Waals surface area contributed by atoms with E-state index in [1.165, 1.54) is 36.6 Å². The summed E-state index contributed by atoms with van der Waals surface area (Å²) in [6.07, 6.45) is 4.42. The predicted molar refractivity (Wildman–Crippen MR) is 108 cm³/mol. The van der Waals surface area contributed by atoms with Crippen LogP contribution in [-0.4, -0.2) is 30.7 Å². The number of benzene rings is 1. The van der Waals surface area contributed by atoms with Gasteiger partial charge in [0.05, 0.1) is 7.11 Å². The Morgan fingerprint density at radius 2 is 2.07 bits per heavy atom. The first-order chi connectivity index (χ1) is 14.4. The van der Waals surface area contributed by atoms with Crippen LogP contribution >= 0.6 is 0 Å². The molecule has 30 heavy (non-hydrogen) atoms. The summed E-state index contributed by atoms with van der Waals surface area (Å²) in [5.41, 5.74) is 3.48. The first-order valence-corrected chi connectivity index (χ1v) is 11.1. The van der Waals surface area contributed by atoms with E-state index in [-0.39, 0.29) is 22.6 Å². The highest BCUT2D eigenvalue weighted by Gasteiger charge is 2.34. The number of methoxy groups -OCH3 is 1. The fourth-order valence-electron chi connectivity index (χ4n) is 3.96. The number of H-pyrrole nitrogens is 1. The molecule has 3 aromatic rings. The number of hydrogen-bond donors (Lipinski definition) is 2. The number of aryl methyl sites for hydroxylation is 1. The Morgan fingerprint density at radius 1 is 1.23 bits per heavy atom. The molecule has 0 unspecified atom stereocenters. The van der Waals surface area contributed by atoms with E-state index in [1.807, 2.05) is 19.1 Å². The van der Waals surface area contributed by atoms with Crippen LogP contribution in [0, 0.1) is 0 Å². The summed E-state index contributed by atoms with van der Waals surface area (Å²) in [6, 6.07) is 8.03. The average molecular weight is 430 g/mol. The number of ether oxygens (including phenoxy) is 1. The molecule has 1 aliphatic rings. The van der Waals surface area contributed by atoms with Gasteiger partial charge in [-0.1, -0.05) is 25.1 Å². The summed E-state index contributed by atoms with van der Waals surface area (Å²) in [4.78, 5) is 15.4. The number of nitrogens with zero attached hydrogens (tertiary/aromatic N) is 2. The summed E-state index contributed by atoms with van der Waals surface area (Å²) >= 11 is 0. The zero-order valence-electron chi connectivity index (χ0n) is 16.6. The minimum absolute atomic E-state index is 0.0273. The molecule has 0 fully saturated rings. The van der Waals surface area contributed by atoms with Crippen molar-refractivity contribution in [1.82, 2.24) is 19.9 Å². The third-order valence-electron chi connectivity index (χ3n) is 5.39. The summed E-state index contributed by atoms with van der Waals surface area (Å²) < 4.78 is 39.3. The van der Waals surface area contributed by atoms with Gasteiger partial charge in [-0.3, -0.25) is 0 Å². The van der Waals surface area contributed by atoms with Crippen LogP contribution in [0.3, 0.4) is 0 Å². The second kappa shape index (κ2) is 8.04. The van der Waals surface area contributed by atoms with Gasteiger partial charge in [0.1, 0.15) is 10.9 Å². The van der Waals surface area contributed by atoms with Gasteiger partial charge in [0.15, 0.2) is 0 Å². The van der Waals surface area contributed by atoms with Crippen LogP contribution < -0.4 is 15.2 Å². The molecule has 10 heteroatoms. The highest BCUT2D eigenvalue weighted by atomic mass is 32.2. The van der Waals surface area contributed by atoms with Crippen LogP contribution in [0.25, 0.3) is 0 Å². The van der Waals surface area contributed by atoms with E-state index in [9.17, 15) is 13.2 Å². The Kier molecular flexibility index (Phi) is 5.44. The molecule has 158 valence electrons. The standard InChI is InChI=1S/C20H22N4O5S/c1-12(14-8-3-6-13-7-4-9-15(13)14)17(19-22-23-20(25)29-19)24-30(26,27)16-10-5-11-21-18(16)28-2/h3,5-6,8,10-12,17,24H,4,7,9H2,1-2H3,(H,23,25)/t12-,17+/m1/s1. The number of aromatic nitrogens is 3. The van der Waals surface area contributed by atoms with Gasteiger partial charge in [-0.15, -0.1) is 5.10 Å². The summed E-state index contributed by atoms with van der Waals surface area (Å²) in [5, 5.41) is 6.11. The molecule has 0 bridgehead atoms. The molecule has 0 amide bonds. The van der Waals surface area contributed by atoms with Crippen LogP contribution in [0.4, 0.5) is 0 Å². The van der Waals surface area contributed by atoms with Crippen molar-refractivity contribution < 1.29 is 17.6 Å². The Morgan fingerprint density at radius 3 is 2.80 bits per heavy atom. The quantitative estimate of drug-likeness (QED) is 0.587. The summed E-state index contributed by atoms with van der Waals surface area (Å²) in [5.74, 6) is -1.16. The van der Waals surface area contributed by atoms with Crippen LogP contribution in [0.1, 0.15) is 47.9 Å². The highest BCUT2D eigenvalue weighted by Crippen LogP contribution is 2.37. The van der Waals surface area contributed by atoms with Crippen molar-refractivity contribution >= 4 is 10.0 Å². The molecule has 4 rings (SSSR count). The molecule has 2 atom stereocenters. The van der Waals surface area contributed by atoms with Gasteiger partial charge in [0.2, 0.25) is 21.8 Å². The zero-order chi connectivity index (χ0) is 21.3. The lowest BCUT2D eigenvalue weighted by Crippen LogP contribution is -2.33. The van der Waals surface area contributed by atoms with Crippen molar-refractivity contribution in [3.05, 3.63) is 69.7 Å². The van der Waals surface area contributed by atoms with Gasteiger partial charge in [0.25, 0.3) is 0 Å². The lowest BCUT2D eigenvalue weighted by Gasteiger charge is -2.24. The third-order valence-corrected chi connectivity index (χ3v) is 6.85. The monoisotopic (exact) mass is 430 g/mol. The molecular weight excluding hydrogens is 408 g/mol. The number of aromatic amines is 1. The first kappa shape index (κ1) is 20.3. The van der Waals surface area contributed by atoms with E-state index in [4.69, 9.17) is 9.15 Å². The molecule has 0 spiro atoms. The minimum Gasteiger partial charge on any atom is -0.480 e. The zero-order valence-corrected chi connectivity index (χ0v) is 17.4. The maximum Gasteiger partial charge on any atom is 0.434 e. The number of hydrogen-bond acceptors (Lipinski definition) is 7. The van der Waals surface area contributed by atoms with Crippen LogP contribution in [0.5, 0.6) is 5.88 Å². The Labute approximate surface area is 173 Å². The first-order valence-electron chi connectivity index (χ1n) is 9.58. The fraction of sp³-hybridized carbons (Fsp3) is 0.350. The van der Waals surface area contributed by atoms with Crippen LogP contribution in [0.2, 0.25) is 0 Å². The van der Waals surface area contributed by atoms with Gasteiger partial charge >= 0.3 is 5.76 Å². The average Bonchev–Trinajstić information content (AvgIpc) is 3.40. The third kappa shape index (κ3) is 3.75. The van der Waals surface area contributed by atoms with Gasteiger partial charge < -0.3 is 9.15 Å². The molecule has 2 aromatic heterocycles. The molecule has 0 saturated heterocycles. The summed E-state index contributed by atoms with van der Waals surface area (Å²) in [7, 11) is -2.71. The van der Waals surface area contributed by atoms with Crippen LogP contribution in [-0.2, 0) is 22.9 Å². The van der Waals surface area contributed by atoms with Gasteiger partial charge in [-0.25, -0.2) is 23.3 Å². The maximum absolute atomic E-state index is 13.2. The molecule has 0 radical (unpaired) electrons. The smallest absolute Gasteiger partial charge is 0.434 e. The van der Waals surface area contributed by atoms with E-state index in [0.29, 0.717) is 0 Å². The molecule has 0 aliphatic heterocycles. The minimum atomic E-state index is -4.06. The van der Waals surface area contributed by atoms with Gasteiger partial charge in [0, 0.05) is 12.1 Å². The molecule has 2 heterocycles. The summed E-state index contributed by atoms with van der Waals surface area (Å²) in [6.45, 7) is 1.89. The highest BCUT2D eigenvalue weighted by molar-refractivity contribution is 7.89. The second-order valence-corrected chi connectivity index (χ2v) is 8.87. The lowest BCUT2D eigenvalue weighted by molar-refractivity contribution is 0.374. The Bertz CT molecular complexity index is 1220. The fourth-order valence-corrected chi connectivity index (χ4v) is 5.35. The number of pyridine rings is 1. The van der Waals surface area contributed by atoms with Gasteiger partial charge in [-0.05, 0) is 48.1 Å².